The van der Waals surface area contributed by atoms with Gasteiger partial charge in [-0.05, 0) is 41.0 Å². The summed E-state index contributed by atoms with van der Waals surface area (Å²) in [4.78, 5) is 24.2. The van der Waals surface area contributed by atoms with Crippen LogP contribution in [0.15, 0.2) is 46.0 Å². The minimum Gasteiger partial charge on any atom is -0.508 e. The number of carbonyl (C=O) groups excluding carboxylic acids is 2. The Labute approximate surface area is 136 Å². The molecule has 0 saturated heterocycles. The van der Waals surface area contributed by atoms with Crippen LogP contribution in [0.1, 0.15) is 47.5 Å². The maximum absolute atomic E-state index is 12.5. The van der Waals surface area contributed by atoms with E-state index in [-0.39, 0.29) is 18.4 Å². The highest BCUT2D eigenvalue weighted by molar-refractivity contribution is 6.24. The number of hydrogen-bond acceptors (Lipinski definition) is 5. The normalized spacial score (nSPS) is 21.4. The fourth-order valence-electron chi connectivity index (χ4n) is 2.30. The van der Waals surface area contributed by atoms with Crippen molar-refractivity contribution in [1.82, 2.24) is 0 Å². The molecule has 1 atom stereocenters. The molecule has 0 aromatic carbocycles. The lowest BCUT2D eigenvalue weighted by Gasteiger charge is -2.31. The van der Waals surface area contributed by atoms with Crippen LogP contribution in [-0.2, 0) is 9.59 Å². The number of allylic oxidation sites excluding steroid dienone is 4. The average molecular weight is 320 g/mol. The number of hydrogen-bond donors (Lipinski definition) is 3. The molecule has 0 spiro atoms. The summed E-state index contributed by atoms with van der Waals surface area (Å²) in [6.07, 6.45) is 3.28. The molecule has 0 bridgehead atoms. The van der Waals surface area contributed by atoms with Gasteiger partial charge in [-0.25, -0.2) is 0 Å². The molecule has 1 rings (SSSR count). The summed E-state index contributed by atoms with van der Waals surface area (Å²) in [5.41, 5.74) is -0.902. The molecular formula is C18H24O5. The van der Waals surface area contributed by atoms with E-state index in [1.807, 2.05) is 13.8 Å². The van der Waals surface area contributed by atoms with Crippen LogP contribution in [0.4, 0.5) is 0 Å². The largest absolute Gasteiger partial charge is 0.508 e. The van der Waals surface area contributed by atoms with E-state index in [1.165, 1.54) is 0 Å². The molecule has 0 heterocycles. The van der Waals surface area contributed by atoms with E-state index in [9.17, 15) is 24.9 Å². The van der Waals surface area contributed by atoms with Gasteiger partial charge in [0.05, 0.1) is 0 Å². The highest BCUT2D eigenvalue weighted by atomic mass is 16.3. The molecule has 0 aromatic heterocycles. The number of carbonyl (C=O) groups is 2. The Bertz CT molecular complexity index is 653. The molecular weight excluding hydrogens is 296 g/mol. The molecule has 5 nitrogen and oxygen atoms in total. The van der Waals surface area contributed by atoms with Crippen molar-refractivity contribution < 1.29 is 24.9 Å². The zero-order valence-corrected chi connectivity index (χ0v) is 14.2. The zero-order valence-electron chi connectivity index (χ0n) is 14.2. The van der Waals surface area contributed by atoms with Crippen molar-refractivity contribution in [3.63, 3.8) is 0 Å². The molecule has 5 heteroatoms. The van der Waals surface area contributed by atoms with Crippen LogP contribution < -0.4 is 0 Å². The molecule has 0 amide bonds. The third kappa shape index (κ3) is 3.79. The van der Waals surface area contributed by atoms with Gasteiger partial charge in [-0.1, -0.05) is 23.3 Å². The summed E-state index contributed by atoms with van der Waals surface area (Å²) in [7, 11) is 0. The predicted molar refractivity (Wildman–Crippen MR) is 88.0 cm³/mol. The Morgan fingerprint density at radius 2 is 1.57 bits per heavy atom. The van der Waals surface area contributed by atoms with Crippen molar-refractivity contribution in [2.24, 2.45) is 0 Å². The minimum atomic E-state index is -2.23. The van der Waals surface area contributed by atoms with Crippen LogP contribution in [-0.4, -0.2) is 32.5 Å². The number of aliphatic hydroxyl groups excluding tert-OH is 2. The van der Waals surface area contributed by atoms with Gasteiger partial charge < -0.3 is 15.3 Å². The Hall–Kier alpha value is -2.14. The highest BCUT2D eigenvalue weighted by Crippen LogP contribution is 2.37. The van der Waals surface area contributed by atoms with E-state index < -0.39 is 34.3 Å². The summed E-state index contributed by atoms with van der Waals surface area (Å²) in [5.74, 6) is -2.77. The zero-order chi connectivity index (χ0) is 17.9. The van der Waals surface area contributed by atoms with Crippen LogP contribution in [0.5, 0.6) is 0 Å². The number of ketones is 2. The van der Waals surface area contributed by atoms with Crippen molar-refractivity contribution in [3.05, 3.63) is 46.0 Å². The number of aliphatic hydroxyl groups is 3. The molecule has 1 unspecified atom stereocenters. The van der Waals surface area contributed by atoms with Gasteiger partial charge in [-0.3, -0.25) is 9.59 Å². The van der Waals surface area contributed by atoms with Gasteiger partial charge >= 0.3 is 0 Å². The number of Topliss-reactive ketones (excluding diaryl/α,β-unsaturated/α-hetero) is 2. The lowest BCUT2D eigenvalue weighted by molar-refractivity contribution is -0.134. The minimum absolute atomic E-state index is 0.000608. The van der Waals surface area contributed by atoms with Crippen LogP contribution in [0.3, 0.4) is 0 Å². The lowest BCUT2D eigenvalue weighted by Crippen LogP contribution is -2.46. The smallest absolute Gasteiger partial charge is 0.209 e. The summed E-state index contributed by atoms with van der Waals surface area (Å²) in [6, 6.07) is 0. The molecule has 1 aliphatic rings. The van der Waals surface area contributed by atoms with Crippen molar-refractivity contribution in [3.8, 4) is 0 Å². The van der Waals surface area contributed by atoms with E-state index in [4.69, 9.17) is 0 Å². The quantitative estimate of drug-likeness (QED) is 0.534. The standard InChI is InChI=1S/C18H24O5/c1-10(2)6-7-13-15(20)14(12(5)19)17(22)18(23,16(13)21)9-8-11(3)4/h6,8,20-21,23H,7,9H2,1-5H3. The fraction of sp³-hybridized carbons (Fsp3) is 0.444. The van der Waals surface area contributed by atoms with Crippen LogP contribution in [0.25, 0.3) is 0 Å². The molecule has 126 valence electrons. The van der Waals surface area contributed by atoms with Crippen molar-refractivity contribution >= 4 is 11.6 Å². The van der Waals surface area contributed by atoms with Crippen LogP contribution in [0.2, 0.25) is 0 Å². The summed E-state index contributed by atoms with van der Waals surface area (Å²) < 4.78 is 0. The summed E-state index contributed by atoms with van der Waals surface area (Å²) in [5, 5.41) is 31.3. The molecule has 3 N–H and O–H groups in total. The second-order valence-corrected chi connectivity index (χ2v) is 6.27. The molecule has 0 aliphatic heterocycles. The van der Waals surface area contributed by atoms with E-state index >= 15 is 0 Å². The SMILES string of the molecule is CC(=O)C1=C(O)C(CC=C(C)C)=C(O)C(O)(CC=C(C)C)C1=O. The van der Waals surface area contributed by atoms with Crippen LogP contribution >= 0.6 is 0 Å². The Balaban J connectivity index is 3.55. The first-order valence-electron chi connectivity index (χ1n) is 7.43. The highest BCUT2D eigenvalue weighted by Gasteiger charge is 2.48. The first-order valence-corrected chi connectivity index (χ1v) is 7.43. The van der Waals surface area contributed by atoms with Crippen molar-refractivity contribution in [2.45, 2.75) is 53.1 Å². The maximum Gasteiger partial charge on any atom is 0.209 e. The van der Waals surface area contributed by atoms with E-state index in [0.29, 0.717) is 0 Å². The second-order valence-electron chi connectivity index (χ2n) is 6.27. The summed E-state index contributed by atoms with van der Waals surface area (Å²) in [6.45, 7) is 8.41. The van der Waals surface area contributed by atoms with Gasteiger partial charge in [0.25, 0.3) is 0 Å². The average Bonchev–Trinajstić information content (AvgIpc) is 2.42. The predicted octanol–water partition coefficient (Wildman–Crippen LogP) is 3.23. The van der Waals surface area contributed by atoms with Crippen molar-refractivity contribution in [2.75, 3.05) is 0 Å². The van der Waals surface area contributed by atoms with Gasteiger partial charge in [0, 0.05) is 12.0 Å². The van der Waals surface area contributed by atoms with Gasteiger partial charge in [-0.15, -0.1) is 0 Å². The van der Waals surface area contributed by atoms with E-state index in [1.54, 1.807) is 26.0 Å². The van der Waals surface area contributed by atoms with E-state index in [0.717, 1.165) is 18.1 Å². The van der Waals surface area contributed by atoms with Gasteiger partial charge in [-0.2, -0.15) is 0 Å². The molecule has 0 radical (unpaired) electrons. The molecule has 0 saturated carbocycles. The topological polar surface area (TPSA) is 94.8 Å². The van der Waals surface area contributed by atoms with Crippen LogP contribution in [0, 0.1) is 0 Å². The second kappa shape index (κ2) is 6.96. The Morgan fingerprint density at radius 3 is 2.00 bits per heavy atom. The molecule has 23 heavy (non-hydrogen) atoms. The van der Waals surface area contributed by atoms with Gasteiger partial charge in [0.1, 0.15) is 17.1 Å². The summed E-state index contributed by atoms with van der Waals surface area (Å²) >= 11 is 0. The van der Waals surface area contributed by atoms with E-state index in [2.05, 4.69) is 0 Å². The van der Waals surface area contributed by atoms with Gasteiger partial charge in [0.15, 0.2) is 11.4 Å². The first kappa shape index (κ1) is 18.9. The first-order chi connectivity index (χ1) is 10.5. The molecule has 0 fully saturated rings. The third-order valence-corrected chi connectivity index (χ3v) is 3.68. The maximum atomic E-state index is 12.5. The van der Waals surface area contributed by atoms with Crippen molar-refractivity contribution in [1.29, 1.82) is 0 Å². The number of rotatable bonds is 5. The third-order valence-electron chi connectivity index (χ3n) is 3.68. The fourth-order valence-corrected chi connectivity index (χ4v) is 2.30. The van der Waals surface area contributed by atoms with Gasteiger partial charge in [0.2, 0.25) is 5.78 Å². The Morgan fingerprint density at radius 1 is 1.04 bits per heavy atom. The monoisotopic (exact) mass is 320 g/mol. The molecule has 0 aromatic rings. The lowest BCUT2D eigenvalue weighted by atomic mass is 9.77. The Kier molecular flexibility index (Phi) is 5.72. The molecule has 1 aliphatic carbocycles.